The Hall–Kier alpha value is -8.36. The summed E-state index contributed by atoms with van der Waals surface area (Å²) in [4.78, 5) is 154. The number of carbonyl (C=O) groups excluding carboxylic acids is 9. The maximum atomic E-state index is 16.2. The Morgan fingerprint density at radius 1 is 0.347 bits per heavy atom. The molecular weight excluding hydrogens is 2010 g/mol. The van der Waals surface area contributed by atoms with E-state index in [0.717, 1.165) is 128 Å². The van der Waals surface area contributed by atoms with Crippen molar-refractivity contribution in [2.75, 3.05) is 41.0 Å². The van der Waals surface area contributed by atoms with Crippen LogP contribution < -0.4 is 28.4 Å². The molecule has 27 nitrogen and oxygen atoms in total. The smallest absolute Gasteiger partial charge is 0.307 e. The number of hydrogen-bond acceptors (Lipinski definition) is 24. The summed E-state index contributed by atoms with van der Waals surface area (Å²) in [6, 6.07) is 11.7. The summed E-state index contributed by atoms with van der Waals surface area (Å²) < 4.78 is 150. The number of esters is 3. The van der Waals surface area contributed by atoms with Crippen molar-refractivity contribution in [3.05, 3.63) is 71.7 Å². The zero-order chi connectivity index (χ0) is 103. The first-order chi connectivity index (χ1) is 68.9. The number of amides is 3. The summed E-state index contributed by atoms with van der Waals surface area (Å²) in [7, 11) is 4.52. The van der Waals surface area contributed by atoms with Gasteiger partial charge in [-0.05, 0) is 218 Å². The molecule has 0 N–H and O–H groups in total. The van der Waals surface area contributed by atoms with Crippen LogP contribution in [0.3, 0.4) is 0 Å². The van der Waals surface area contributed by atoms with Crippen LogP contribution in [0.15, 0.2) is 54.6 Å². The number of benzene rings is 3. The van der Waals surface area contributed by atoms with Crippen LogP contribution in [0.4, 0.5) is 26.3 Å². The third-order valence-electron chi connectivity index (χ3n) is 35.2. The van der Waals surface area contributed by atoms with Gasteiger partial charge in [-0.15, -0.1) is 0 Å². The summed E-state index contributed by atoms with van der Waals surface area (Å²) in [5.41, 5.74) is -2.56. The molecule has 6 aliphatic carbocycles. The number of hydrogen-bond donors (Lipinski definition) is 0. The number of rotatable bonds is 12. The summed E-state index contributed by atoms with van der Waals surface area (Å²) >= 11 is 0. The number of fused-ring (bicyclic) bond motifs is 15. The summed E-state index contributed by atoms with van der Waals surface area (Å²) in [5.74, 6) is -15.2. The van der Waals surface area contributed by atoms with Gasteiger partial charge in [-0.25, -0.2) is 48.8 Å². The number of aromatic nitrogens is 6. The Morgan fingerprint density at radius 3 is 1.00 bits per heavy atom. The number of alkyl halides is 6. The molecule has 36 heteroatoms. The zero-order valence-electron chi connectivity index (χ0n) is 86.8. The van der Waals surface area contributed by atoms with E-state index in [-0.39, 0.29) is 190 Å². The van der Waals surface area contributed by atoms with Gasteiger partial charge in [0.25, 0.3) is 17.8 Å². The largest absolute Gasteiger partial charge is 0.540 e. The van der Waals surface area contributed by atoms with Crippen molar-refractivity contribution in [2.24, 2.45) is 69.5 Å². The second kappa shape index (κ2) is 48.7. The maximum absolute atomic E-state index is 16.2. The molecule has 3 aromatic carbocycles. The second-order valence-electron chi connectivity index (χ2n) is 44.6. The van der Waals surface area contributed by atoms with E-state index in [9.17, 15) is 43.2 Å². The number of ether oxygens (including phenoxy) is 9. The van der Waals surface area contributed by atoms with Gasteiger partial charge in [0.15, 0.2) is 17.1 Å². The topological polar surface area (TPSA) is 324 Å². The van der Waals surface area contributed by atoms with Gasteiger partial charge in [0, 0.05) is 99.0 Å². The van der Waals surface area contributed by atoms with Crippen LogP contribution in [-0.2, 0) is 131 Å². The van der Waals surface area contributed by atoms with Gasteiger partial charge < -0.3 is 71.7 Å². The standard InChI is InChI=1S/C38H50F2N3O6.C37H48F2N3O6.C36H46F2N3O6.3V/c1-5-26-30(23-44)43-22-31(26)48-34-33(41-28-15-14-25(47-4)20-29(28)42-34)38(39,40)19-10-7-12-24-13-11-18-37(24,3)49-32(45)21-27(35(43)46)36(2)16-8-6-9-17-36;1-4-25-29(22-43)42-21-31(25)48-34-33(40-27-15-14-24(46-3)19-28(27)41-34)37(38,39)18-9-6-11-23-12-10-13-30(23)47-32(44)20-26(35(42)45)36(2)16-7-5-8-17-36;1-5-24-28(21-42)41-20-29(24)46-32-31(39-26-13-12-23(45-4)17-27(26)40-32)36(37,38)16-10-7-11-22-19-35(22,3)47-30(43)18-25(33(41)44)34(2)14-8-6-9-15-34;;;/h14-15,20,24,26-27,30-31H,5-13,16-19,21-22H2,1-4H3;14-15,19,23,25-26,29-31H,4-13,16-18,20-21H2,1-3H3;12-13,17,22,24-25,28-29H,5-11,14-16,18-20H2,1-4H3;;;/q3*-1;;;/t24-,26+,27-,30-,31+,37-;23-,25+,26-,29-,30-,31+;22-,24+,25-,28-,29+,35-;;;/m111.../s1. The Labute approximate surface area is 894 Å². The fraction of sp³-hybridized carbons (Fsp3) is 0.703. The van der Waals surface area contributed by atoms with Crippen LogP contribution in [-0.4, -0.2) is 194 Å². The van der Waals surface area contributed by atoms with Crippen molar-refractivity contribution in [1.29, 1.82) is 0 Å². The maximum Gasteiger partial charge on any atom is 0.307 e. The number of methoxy groups -OCH3 is 3. The molecule has 3 saturated heterocycles. The molecule has 9 heterocycles. The molecule has 12 aliphatic rings. The SMILES string of the molecule is CC[C@@H]1[C@@H]2CN(C(=O)[C@H](C3(C)CCCCC3)CC(=O)O[C@@H]3CCC[C@H]3CCCCC(F)(F)c3nc4ccc(OC)cc4nc3O2)[C@@H]1[C-]=O.CC[C@@H]1[C@@H]2CN(C(=O)[C@H](C3(C)CCCCC3)CC(=O)O[C@]3(C)CCC[C@H]3CCCCC(F)(F)c3nc4ccc(OC)cc4nc3O2)[C@@H]1[C-]=O.CC[C@@H]1[C@@H]2CN(C(=O)[C@H](C3(C)CCCCC3)CC(=O)O[C@]3(C)C[C@H]3CCCCC(F)(F)c3nc4ccc(OC)cc4nc3O2)[C@@H]1[C-]=O.[V].[V].[V]. The third kappa shape index (κ3) is 25.3. The van der Waals surface area contributed by atoms with Crippen LogP contribution >= 0.6 is 0 Å². The normalized spacial score (nSPS) is 31.4. The molecule has 9 fully saturated rings. The van der Waals surface area contributed by atoms with Gasteiger partial charge in [0.2, 0.25) is 35.4 Å². The Morgan fingerprint density at radius 2 is 0.660 bits per heavy atom. The summed E-state index contributed by atoms with van der Waals surface area (Å²) in [6.07, 6.45) is 26.7. The predicted molar refractivity (Wildman–Crippen MR) is 523 cm³/mol. The molecule has 3 amide bonds. The number of nitrogens with zero attached hydrogens (tertiary/aromatic N) is 9. The van der Waals surface area contributed by atoms with E-state index in [2.05, 4.69) is 69.5 Å². The van der Waals surface area contributed by atoms with Crippen molar-refractivity contribution in [3.8, 4) is 34.9 Å². The van der Waals surface area contributed by atoms with Crippen LogP contribution in [0.5, 0.6) is 34.9 Å². The van der Waals surface area contributed by atoms with E-state index in [1.54, 1.807) is 54.6 Å². The molecule has 3 radical (unpaired) electrons. The van der Waals surface area contributed by atoms with Crippen molar-refractivity contribution < 1.29 is 168 Å². The second-order valence-corrected chi connectivity index (χ2v) is 44.6. The molecule has 3 aromatic heterocycles. The minimum atomic E-state index is -3.36. The van der Waals surface area contributed by atoms with Crippen molar-refractivity contribution in [2.45, 2.75) is 384 Å². The average molecular weight is 2160 g/mol. The third-order valence-corrected chi connectivity index (χ3v) is 35.2. The van der Waals surface area contributed by atoms with Gasteiger partial charge in [0.05, 0.1) is 111 Å². The molecule has 6 saturated carbocycles. The van der Waals surface area contributed by atoms with Gasteiger partial charge in [-0.3, -0.25) is 28.8 Å². The monoisotopic (exact) mass is 2160 g/mol. The fourth-order valence-electron chi connectivity index (χ4n) is 26.2. The first-order valence-electron chi connectivity index (χ1n) is 53.3. The molecule has 801 valence electrons. The predicted octanol–water partition coefficient (Wildman–Crippen LogP) is 21.3. The van der Waals surface area contributed by atoms with E-state index in [1.807, 2.05) is 34.6 Å². The molecule has 6 bridgehead atoms. The van der Waals surface area contributed by atoms with Crippen LogP contribution in [0.25, 0.3) is 33.1 Å². The molecule has 6 aromatic rings. The fourth-order valence-corrected chi connectivity index (χ4v) is 26.2. The average Bonchev–Trinajstić information content (AvgIpc) is 1.62. The number of carbonyl (C=O) groups is 6. The summed E-state index contributed by atoms with van der Waals surface area (Å²) in [6.45, 7) is 15.6. The summed E-state index contributed by atoms with van der Waals surface area (Å²) in [5, 5.41) is 0. The molecular formula is C111H144F6N9O18V3-3. The van der Waals surface area contributed by atoms with Crippen molar-refractivity contribution in [3.63, 3.8) is 0 Å². The van der Waals surface area contributed by atoms with Gasteiger partial charge in [-0.2, -0.15) is 26.3 Å². The Bertz CT molecular complexity index is 5640. The molecule has 18 rings (SSSR count). The quantitative estimate of drug-likeness (QED) is 0.0475. The van der Waals surface area contributed by atoms with E-state index < -0.39 is 171 Å². The Balaban J connectivity index is 0.000000182. The van der Waals surface area contributed by atoms with Gasteiger partial charge in [-0.1, -0.05) is 156 Å². The zero-order valence-corrected chi connectivity index (χ0v) is 91.0. The molecule has 18 atom stereocenters. The van der Waals surface area contributed by atoms with Gasteiger partial charge in [0.1, 0.15) is 52.9 Å². The first-order valence-corrected chi connectivity index (χ1v) is 53.3. The van der Waals surface area contributed by atoms with Crippen molar-refractivity contribution in [1.82, 2.24) is 44.6 Å². The van der Waals surface area contributed by atoms with E-state index in [1.165, 1.54) is 36.0 Å². The van der Waals surface area contributed by atoms with Crippen LogP contribution in [0, 0.1) is 69.5 Å². The van der Waals surface area contributed by atoms with Crippen LogP contribution in [0.1, 0.15) is 329 Å². The van der Waals surface area contributed by atoms with Crippen LogP contribution in [0.2, 0.25) is 0 Å². The molecule has 147 heavy (non-hydrogen) atoms. The minimum Gasteiger partial charge on any atom is -0.540 e. The van der Waals surface area contributed by atoms with E-state index in [0.29, 0.717) is 104 Å². The Kier molecular flexibility index (Phi) is 38.4. The number of halogens is 6. The van der Waals surface area contributed by atoms with Gasteiger partial charge >= 0.3 is 17.9 Å². The molecule has 0 unspecified atom stereocenters. The first kappa shape index (κ1) is 116. The van der Waals surface area contributed by atoms with E-state index in [4.69, 9.17) is 42.6 Å². The molecule has 6 aliphatic heterocycles. The van der Waals surface area contributed by atoms with Crippen molar-refractivity contribution >= 4 is 87.6 Å². The minimum absolute atomic E-state index is 0. The van der Waals surface area contributed by atoms with E-state index >= 15 is 26.3 Å². The molecule has 0 spiro atoms.